The number of carbonyl (C=O) groups is 1. The monoisotopic (exact) mass is 487 g/mol. The third-order valence-corrected chi connectivity index (χ3v) is 6.60. The van der Waals surface area contributed by atoms with E-state index in [1.165, 1.54) is 11.1 Å². The highest BCUT2D eigenvalue weighted by atomic mass is 32.1. The van der Waals surface area contributed by atoms with Gasteiger partial charge in [0.1, 0.15) is 25.1 Å². The number of amides is 1. The Balaban J connectivity index is 1.77. The summed E-state index contributed by atoms with van der Waals surface area (Å²) in [6.45, 7) is 9.87. The van der Waals surface area contributed by atoms with Crippen LogP contribution in [0.15, 0.2) is 22.0 Å². The van der Waals surface area contributed by atoms with Crippen LogP contribution in [0.5, 0.6) is 5.75 Å². The summed E-state index contributed by atoms with van der Waals surface area (Å²) in [4.78, 5) is 16.8. The van der Waals surface area contributed by atoms with Crippen LogP contribution in [0.4, 0.5) is 0 Å². The molecule has 3 N–H and O–H groups in total. The van der Waals surface area contributed by atoms with Crippen LogP contribution in [0.3, 0.4) is 0 Å². The molecule has 1 aromatic carbocycles. The Hall–Kier alpha value is -2.75. The summed E-state index contributed by atoms with van der Waals surface area (Å²) in [7, 11) is 0. The van der Waals surface area contributed by atoms with Crippen molar-refractivity contribution in [2.45, 2.75) is 53.6 Å². The summed E-state index contributed by atoms with van der Waals surface area (Å²) >= 11 is 1.63. The van der Waals surface area contributed by atoms with Gasteiger partial charge in [-0.25, -0.2) is 0 Å². The summed E-state index contributed by atoms with van der Waals surface area (Å²) in [5, 5.41) is 27.6. The molecule has 0 unspecified atom stereocenters. The molecule has 0 radical (unpaired) electrons. The Labute approximate surface area is 204 Å². The number of ether oxygens (including phenoxy) is 1. The average Bonchev–Trinajstić information content (AvgIpc) is 3.43. The summed E-state index contributed by atoms with van der Waals surface area (Å²) in [6.07, 6.45) is 0.842. The van der Waals surface area contributed by atoms with Crippen molar-refractivity contribution in [2.75, 3.05) is 19.8 Å². The lowest BCUT2D eigenvalue weighted by molar-refractivity contribution is -0.124. The number of nitrogens with zero attached hydrogens (tertiary/aromatic N) is 2. The molecule has 0 saturated carbocycles. The molecule has 8 nitrogen and oxygen atoms in total. The third kappa shape index (κ3) is 6.22. The van der Waals surface area contributed by atoms with Crippen LogP contribution in [0.25, 0.3) is 22.2 Å². The molecule has 0 saturated heterocycles. The van der Waals surface area contributed by atoms with E-state index in [0.29, 0.717) is 29.8 Å². The van der Waals surface area contributed by atoms with E-state index in [2.05, 4.69) is 41.6 Å². The van der Waals surface area contributed by atoms with E-state index < -0.39 is 18.6 Å². The van der Waals surface area contributed by atoms with Crippen molar-refractivity contribution in [3.05, 3.63) is 39.8 Å². The van der Waals surface area contributed by atoms with E-state index in [0.717, 1.165) is 28.0 Å². The van der Waals surface area contributed by atoms with Crippen LogP contribution in [0, 0.1) is 19.8 Å². The van der Waals surface area contributed by atoms with Crippen LogP contribution < -0.4 is 10.1 Å². The zero-order valence-corrected chi connectivity index (χ0v) is 21.2. The highest BCUT2D eigenvalue weighted by Gasteiger charge is 2.19. The number of benzene rings is 1. The second-order valence-corrected chi connectivity index (χ2v) is 9.68. The van der Waals surface area contributed by atoms with Crippen molar-refractivity contribution in [1.29, 1.82) is 0 Å². The average molecular weight is 488 g/mol. The summed E-state index contributed by atoms with van der Waals surface area (Å²) < 4.78 is 11.5. The second kappa shape index (κ2) is 11.6. The molecule has 0 bridgehead atoms. The minimum Gasteiger partial charge on any atom is -0.490 e. The smallest absolute Gasteiger partial charge is 0.268 e. The Kier molecular flexibility index (Phi) is 8.82. The molecule has 0 fully saturated rings. The zero-order valence-electron chi connectivity index (χ0n) is 20.3. The highest BCUT2D eigenvalue weighted by Crippen LogP contribution is 2.35. The number of aryl methyl sites for hydroxylation is 2. The van der Waals surface area contributed by atoms with E-state index in [-0.39, 0.29) is 13.2 Å². The molecule has 0 spiro atoms. The van der Waals surface area contributed by atoms with Crippen LogP contribution in [-0.4, -0.2) is 52.1 Å². The SMILES string of the molecule is CCc1cc(-c2noc(-c3scc(CC(C)C)c3C)n2)cc(C)c1OC[C@@H](O)CNC(=O)CO. The fraction of sp³-hybridized carbons (Fsp3) is 0.480. The van der Waals surface area contributed by atoms with Gasteiger partial charge in [0.25, 0.3) is 5.89 Å². The van der Waals surface area contributed by atoms with E-state index in [1.807, 2.05) is 26.0 Å². The molecule has 3 aromatic rings. The molecule has 1 amide bonds. The lowest BCUT2D eigenvalue weighted by Gasteiger charge is -2.17. The van der Waals surface area contributed by atoms with E-state index in [4.69, 9.17) is 14.4 Å². The Bertz CT molecular complexity index is 1120. The van der Waals surface area contributed by atoms with Gasteiger partial charge in [0.05, 0.1) is 4.88 Å². The van der Waals surface area contributed by atoms with Gasteiger partial charge in [0.2, 0.25) is 11.7 Å². The largest absolute Gasteiger partial charge is 0.490 e. The summed E-state index contributed by atoms with van der Waals surface area (Å²) in [5.74, 6) is 1.77. The molecule has 2 heterocycles. The summed E-state index contributed by atoms with van der Waals surface area (Å²) in [5.41, 5.74) is 5.19. The van der Waals surface area contributed by atoms with Gasteiger partial charge in [-0.2, -0.15) is 4.98 Å². The lowest BCUT2D eigenvalue weighted by atomic mass is 10.0. The number of nitrogens with one attached hydrogen (secondary N) is 1. The number of aliphatic hydroxyl groups is 2. The number of aliphatic hydroxyl groups excluding tert-OH is 2. The number of hydrogen-bond donors (Lipinski definition) is 3. The van der Waals surface area contributed by atoms with E-state index in [9.17, 15) is 9.90 Å². The van der Waals surface area contributed by atoms with Gasteiger partial charge in [-0.05, 0) is 72.4 Å². The second-order valence-electron chi connectivity index (χ2n) is 8.80. The maximum Gasteiger partial charge on any atom is 0.268 e. The first-order valence-electron chi connectivity index (χ1n) is 11.5. The quantitative estimate of drug-likeness (QED) is 0.377. The molecular formula is C25H33N3O5S. The van der Waals surface area contributed by atoms with Gasteiger partial charge in [0, 0.05) is 12.1 Å². The van der Waals surface area contributed by atoms with Gasteiger partial charge in [-0.15, -0.1) is 11.3 Å². The predicted molar refractivity (Wildman–Crippen MR) is 132 cm³/mol. The van der Waals surface area contributed by atoms with Gasteiger partial charge in [-0.1, -0.05) is 25.9 Å². The fourth-order valence-electron chi connectivity index (χ4n) is 3.71. The van der Waals surface area contributed by atoms with Gasteiger partial charge < -0.3 is 24.8 Å². The fourth-order valence-corrected chi connectivity index (χ4v) is 4.73. The van der Waals surface area contributed by atoms with Crippen molar-refractivity contribution < 1.29 is 24.3 Å². The van der Waals surface area contributed by atoms with Crippen molar-refractivity contribution >= 4 is 17.2 Å². The number of carbonyl (C=O) groups excluding carboxylic acids is 1. The molecule has 0 aliphatic rings. The minimum atomic E-state index is -0.895. The van der Waals surface area contributed by atoms with E-state index in [1.54, 1.807) is 11.3 Å². The molecule has 9 heteroatoms. The zero-order chi connectivity index (χ0) is 24.8. The van der Waals surface area contributed by atoms with Crippen LogP contribution in [0.2, 0.25) is 0 Å². The van der Waals surface area contributed by atoms with E-state index >= 15 is 0 Å². The maximum atomic E-state index is 11.1. The van der Waals surface area contributed by atoms with Gasteiger partial charge in [-0.3, -0.25) is 4.79 Å². The standard InChI is InChI=1S/C25H33N3O5S/c1-6-17-9-18(8-15(4)22(17)32-12-20(30)10-26-21(31)11-29)24-27-25(33-28-24)23-16(5)19(13-34-23)7-14(2)3/h8-9,13-14,20,29-30H,6-7,10-12H2,1-5H3,(H,26,31)/t20-/m0/s1. The van der Waals surface area contributed by atoms with Crippen LogP contribution in [0.1, 0.15) is 43.0 Å². The topological polar surface area (TPSA) is 118 Å². The van der Waals surface area contributed by atoms with Crippen molar-refractivity contribution in [3.8, 4) is 27.9 Å². The Morgan fingerprint density at radius 3 is 2.71 bits per heavy atom. The number of hydrogen-bond acceptors (Lipinski definition) is 8. The van der Waals surface area contributed by atoms with Crippen LogP contribution in [-0.2, 0) is 17.6 Å². The van der Waals surface area contributed by atoms with Crippen molar-refractivity contribution in [1.82, 2.24) is 15.5 Å². The molecule has 0 aliphatic heterocycles. The first kappa shape index (κ1) is 25.9. The van der Waals surface area contributed by atoms with Gasteiger partial charge >= 0.3 is 0 Å². The predicted octanol–water partition coefficient (Wildman–Crippen LogP) is 3.69. The summed E-state index contributed by atoms with van der Waals surface area (Å²) in [6, 6.07) is 3.91. The minimum absolute atomic E-state index is 0.00460. The van der Waals surface area contributed by atoms with Crippen LogP contribution >= 0.6 is 11.3 Å². The number of thiophene rings is 1. The van der Waals surface area contributed by atoms with Crippen molar-refractivity contribution in [3.63, 3.8) is 0 Å². The molecular weight excluding hydrogens is 454 g/mol. The molecule has 1 atom stereocenters. The molecule has 184 valence electrons. The highest BCUT2D eigenvalue weighted by molar-refractivity contribution is 7.13. The molecule has 2 aromatic heterocycles. The first-order chi connectivity index (χ1) is 16.2. The first-order valence-corrected chi connectivity index (χ1v) is 12.3. The maximum absolute atomic E-state index is 11.1. The molecule has 0 aliphatic carbocycles. The van der Waals surface area contributed by atoms with Crippen molar-refractivity contribution in [2.24, 2.45) is 5.92 Å². The normalized spacial score (nSPS) is 12.2. The molecule has 3 rings (SSSR count). The Morgan fingerprint density at radius 2 is 2.03 bits per heavy atom. The molecule has 34 heavy (non-hydrogen) atoms. The number of rotatable bonds is 11. The van der Waals surface area contributed by atoms with Gasteiger partial charge in [0.15, 0.2) is 0 Å². The Morgan fingerprint density at radius 1 is 1.26 bits per heavy atom. The lowest BCUT2D eigenvalue weighted by Crippen LogP contribution is -2.36. The third-order valence-electron chi connectivity index (χ3n) is 5.48. The number of aromatic nitrogens is 2.